The number of hydrogen-bond acceptors (Lipinski definition) is 5. The van der Waals surface area contributed by atoms with Gasteiger partial charge in [0.05, 0.1) is 0 Å². The van der Waals surface area contributed by atoms with Gasteiger partial charge in [0, 0.05) is 18.0 Å². The number of nitrogens with zero attached hydrogens (tertiary/aromatic N) is 2. The van der Waals surface area contributed by atoms with Gasteiger partial charge >= 0.3 is 0 Å². The molecule has 0 amide bonds. The maximum atomic E-state index is 11.9. The maximum Gasteiger partial charge on any atom is 0.253 e. The van der Waals surface area contributed by atoms with Crippen LogP contribution in [0, 0.1) is 6.92 Å². The molecular weight excluding hydrogens is 268 g/mol. The Balaban J connectivity index is 1.95. The van der Waals surface area contributed by atoms with E-state index in [4.69, 9.17) is 10.2 Å². The number of rotatable bonds is 3. The number of pyridine rings is 1. The molecule has 0 fully saturated rings. The van der Waals surface area contributed by atoms with Crippen LogP contribution in [0.2, 0.25) is 0 Å². The van der Waals surface area contributed by atoms with E-state index in [-0.39, 0.29) is 17.2 Å². The highest BCUT2D eigenvalue weighted by Crippen LogP contribution is 2.21. The van der Waals surface area contributed by atoms with Gasteiger partial charge in [0.15, 0.2) is 5.43 Å². The van der Waals surface area contributed by atoms with E-state index in [2.05, 4.69) is 15.2 Å². The number of nitrogens with one attached hydrogen (secondary N) is 1. The van der Waals surface area contributed by atoms with Gasteiger partial charge in [-0.3, -0.25) is 4.79 Å². The van der Waals surface area contributed by atoms with Crippen LogP contribution in [-0.4, -0.2) is 15.2 Å². The third-order valence-electron chi connectivity index (χ3n) is 3.15. The van der Waals surface area contributed by atoms with Crippen molar-refractivity contribution in [1.82, 2.24) is 15.2 Å². The van der Waals surface area contributed by atoms with E-state index in [0.29, 0.717) is 5.56 Å². The fraction of sp³-hybridized carbons (Fsp3) is 0.133. The first kappa shape index (κ1) is 13.3. The van der Waals surface area contributed by atoms with Crippen LogP contribution in [0.3, 0.4) is 0 Å². The summed E-state index contributed by atoms with van der Waals surface area (Å²) >= 11 is 0. The summed E-state index contributed by atoms with van der Waals surface area (Å²) in [5, 5.41) is 7.84. The highest BCUT2D eigenvalue weighted by Gasteiger charge is 2.18. The first-order chi connectivity index (χ1) is 10.1. The largest absolute Gasteiger partial charge is 0.418 e. The molecule has 3 aromatic rings. The van der Waals surface area contributed by atoms with Crippen LogP contribution in [0.25, 0.3) is 11.5 Å². The molecule has 6 heteroatoms. The Morgan fingerprint density at radius 3 is 2.71 bits per heavy atom. The number of benzene rings is 1. The van der Waals surface area contributed by atoms with Crippen LogP contribution < -0.4 is 11.2 Å². The molecule has 106 valence electrons. The van der Waals surface area contributed by atoms with Gasteiger partial charge in [0.1, 0.15) is 11.6 Å². The molecule has 0 aliphatic rings. The van der Waals surface area contributed by atoms with E-state index >= 15 is 0 Å². The number of nitrogens with two attached hydrogens (primary N) is 1. The number of aryl methyl sites for hydroxylation is 1. The van der Waals surface area contributed by atoms with Gasteiger partial charge in [0.25, 0.3) is 5.89 Å². The topological polar surface area (TPSA) is 97.8 Å². The molecule has 0 bridgehead atoms. The van der Waals surface area contributed by atoms with Gasteiger partial charge in [-0.05, 0) is 12.5 Å². The molecule has 1 atom stereocenters. The van der Waals surface area contributed by atoms with Crippen LogP contribution in [0.15, 0.2) is 51.8 Å². The Morgan fingerprint density at radius 1 is 1.24 bits per heavy atom. The predicted octanol–water partition coefficient (Wildman–Crippen LogP) is 1.78. The Morgan fingerprint density at radius 2 is 2.00 bits per heavy atom. The second-order valence-corrected chi connectivity index (χ2v) is 4.73. The summed E-state index contributed by atoms with van der Waals surface area (Å²) in [5.74, 6) is 0.439. The number of aromatic amines is 1. The molecule has 0 radical (unpaired) electrons. The molecule has 0 spiro atoms. The first-order valence-corrected chi connectivity index (χ1v) is 6.49. The molecule has 1 unspecified atom stereocenters. The second-order valence-electron chi connectivity index (χ2n) is 4.73. The molecular formula is C15H14N4O2. The van der Waals surface area contributed by atoms with Gasteiger partial charge in [-0.25, -0.2) is 0 Å². The average molecular weight is 282 g/mol. The first-order valence-electron chi connectivity index (χ1n) is 6.49. The summed E-state index contributed by atoms with van der Waals surface area (Å²) in [6.45, 7) is 1.80. The molecule has 21 heavy (non-hydrogen) atoms. The highest BCUT2D eigenvalue weighted by atomic mass is 16.4. The fourth-order valence-corrected chi connectivity index (χ4v) is 2.01. The minimum absolute atomic E-state index is 0.164. The van der Waals surface area contributed by atoms with Gasteiger partial charge in [-0.1, -0.05) is 30.3 Å². The summed E-state index contributed by atoms with van der Waals surface area (Å²) in [4.78, 5) is 14.9. The van der Waals surface area contributed by atoms with Crippen molar-refractivity contribution in [1.29, 1.82) is 0 Å². The van der Waals surface area contributed by atoms with Crippen LogP contribution in [-0.2, 0) is 0 Å². The zero-order chi connectivity index (χ0) is 14.8. The van der Waals surface area contributed by atoms with E-state index < -0.39 is 6.04 Å². The lowest BCUT2D eigenvalue weighted by Gasteiger charge is -2.06. The van der Waals surface area contributed by atoms with E-state index in [1.165, 1.54) is 6.07 Å². The third-order valence-corrected chi connectivity index (χ3v) is 3.15. The van der Waals surface area contributed by atoms with Crippen LogP contribution in [0.5, 0.6) is 0 Å². The maximum absolute atomic E-state index is 11.9. The van der Waals surface area contributed by atoms with Crippen molar-refractivity contribution in [3.63, 3.8) is 0 Å². The number of H-pyrrole nitrogens is 1. The van der Waals surface area contributed by atoms with Crippen LogP contribution in [0.1, 0.15) is 23.2 Å². The van der Waals surface area contributed by atoms with Crippen molar-refractivity contribution < 1.29 is 4.42 Å². The molecule has 1 aromatic carbocycles. The molecule has 3 N–H and O–H groups in total. The molecule has 2 heterocycles. The zero-order valence-electron chi connectivity index (χ0n) is 11.4. The third kappa shape index (κ3) is 2.61. The molecule has 0 saturated carbocycles. The fourth-order valence-electron chi connectivity index (χ4n) is 2.01. The quantitative estimate of drug-likeness (QED) is 0.763. The minimum atomic E-state index is -0.517. The van der Waals surface area contributed by atoms with E-state index in [1.54, 1.807) is 13.1 Å². The lowest BCUT2D eigenvalue weighted by atomic mass is 10.1. The van der Waals surface area contributed by atoms with Crippen molar-refractivity contribution in [2.45, 2.75) is 13.0 Å². The van der Waals surface area contributed by atoms with Crippen molar-refractivity contribution >= 4 is 0 Å². The molecule has 0 aliphatic carbocycles. The van der Waals surface area contributed by atoms with Crippen LogP contribution >= 0.6 is 0 Å². The summed E-state index contributed by atoms with van der Waals surface area (Å²) in [7, 11) is 0. The Kier molecular flexibility index (Phi) is 3.37. The van der Waals surface area contributed by atoms with E-state index in [9.17, 15) is 4.79 Å². The number of hydrogen-bond donors (Lipinski definition) is 2. The number of aromatic nitrogens is 3. The summed E-state index contributed by atoms with van der Waals surface area (Å²) in [6, 6.07) is 10.4. The van der Waals surface area contributed by atoms with Gasteiger partial charge in [0.2, 0.25) is 5.89 Å². The molecule has 0 aliphatic heterocycles. The Labute approximate surface area is 120 Å². The van der Waals surface area contributed by atoms with Gasteiger partial charge in [-0.2, -0.15) is 0 Å². The van der Waals surface area contributed by atoms with E-state index in [1.807, 2.05) is 30.3 Å². The van der Waals surface area contributed by atoms with Gasteiger partial charge < -0.3 is 15.1 Å². The molecule has 6 nitrogen and oxygen atoms in total. The van der Waals surface area contributed by atoms with Crippen molar-refractivity contribution in [2.75, 3.05) is 0 Å². The molecule has 3 rings (SSSR count). The van der Waals surface area contributed by atoms with Crippen molar-refractivity contribution in [3.05, 3.63) is 70.0 Å². The lowest BCUT2D eigenvalue weighted by molar-refractivity contribution is 0.483. The smallest absolute Gasteiger partial charge is 0.253 e. The second kappa shape index (κ2) is 5.34. The highest BCUT2D eigenvalue weighted by molar-refractivity contribution is 5.50. The van der Waals surface area contributed by atoms with E-state index in [0.717, 1.165) is 11.3 Å². The van der Waals surface area contributed by atoms with Crippen LogP contribution in [0.4, 0.5) is 0 Å². The normalized spacial score (nSPS) is 12.3. The Bertz CT molecular complexity index is 808. The average Bonchev–Trinajstić information content (AvgIpc) is 2.97. The molecule has 0 saturated heterocycles. The summed E-state index contributed by atoms with van der Waals surface area (Å²) in [5.41, 5.74) is 7.88. The summed E-state index contributed by atoms with van der Waals surface area (Å²) < 4.78 is 5.54. The summed E-state index contributed by atoms with van der Waals surface area (Å²) in [6.07, 6.45) is 1.56. The zero-order valence-corrected chi connectivity index (χ0v) is 11.4. The van der Waals surface area contributed by atoms with Crippen molar-refractivity contribution in [2.24, 2.45) is 5.73 Å². The monoisotopic (exact) mass is 282 g/mol. The predicted molar refractivity (Wildman–Crippen MR) is 77.6 cm³/mol. The van der Waals surface area contributed by atoms with Crippen molar-refractivity contribution in [3.8, 4) is 11.5 Å². The molecule has 2 aromatic heterocycles. The SMILES string of the molecule is Cc1cc(=O)c(-c2nnc(C(N)c3ccccc3)o2)c[nH]1. The minimum Gasteiger partial charge on any atom is -0.418 e. The van der Waals surface area contributed by atoms with Gasteiger partial charge in [-0.15, -0.1) is 10.2 Å². The Hall–Kier alpha value is -2.73. The standard InChI is InChI=1S/C15H14N4O2/c1-9-7-12(20)11(8-17-9)14-18-19-15(21-14)13(16)10-5-3-2-4-6-10/h2-8,13H,16H2,1H3,(H,17,20). The lowest BCUT2D eigenvalue weighted by Crippen LogP contribution is -2.12.